The van der Waals surface area contributed by atoms with E-state index in [1.807, 2.05) is 6.92 Å². The third-order valence-corrected chi connectivity index (χ3v) is 5.16. The Bertz CT molecular complexity index is 762. The summed E-state index contributed by atoms with van der Waals surface area (Å²) in [5.41, 5.74) is 1.32. The van der Waals surface area contributed by atoms with Crippen molar-refractivity contribution in [1.29, 1.82) is 0 Å². The summed E-state index contributed by atoms with van der Waals surface area (Å²) in [7, 11) is 0. The van der Waals surface area contributed by atoms with E-state index in [0.29, 0.717) is 25.3 Å². The van der Waals surface area contributed by atoms with E-state index in [1.165, 1.54) is 0 Å². The van der Waals surface area contributed by atoms with Crippen molar-refractivity contribution in [2.75, 3.05) is 24.5 Å². The summed E-state index contributed by atoms with van der Waals surface area (Å²) in [5, 5.41) is 10.1. The number of rotatable bonds is 3. The number of nitrogens with zero attached hydrogens (tertiary/aromatic N) is 4. The van der Waals surface area contributed by atoms with Crippen LogP contribution in [0.5, 0.6) is 0 Å². The molecule has 134 valence electrons. The molecule has 1 aliphatic carbocycles. The fourth-order valence-corrected chi connectivity index (χ4v) is 3.70. The Kier molecular flexibility index (Phi) is 3.91. The first-order chi connectivity index (χ1) is 12.0. The lowest BCUT2D eigenvalue weighted by molar-refractivity contribution is 0.0523. The number of hydrogen-bond acceptors (Lipinski definition) is 4. The van der Waals surface area contributed by atoms with Gasteiger partial charge < -0.3 is 10.1 Å². The van der Waals surface area contributed by atoms with Gasteiger partial charge in [-0.05, 0) is 44.6 Å². The van der Waals surface area contributed by atoms with Crippen LogP contribution in [-0.4, -0.2) is 57.1 Å². The zero-order valence-corrected chi connectivity index (χ0v) is 14.9. The van der Waals surface area contributed by atoms with Gasteiger partial charge in [0.1, 0.15) is 11.5 Å². The summed E-state index contributed by atoms with van der Waals surface area (Å²) in [6.45, 7) is 6.02. The van der Waals surface area contributed by atoms with E-state index in [2.05, 4.69) is 23.0 Å². The number of aliphatic hydroxyl groups is 1. The van der Waals surface area contributed by atoms with Crippen molar-refractivity contribution >= 4 is 23.3 Å². The molecule has 25 heavy (non-hydrogen) atoms. The Morgan fingerprint density at radius 2 is 2.28 bits per heavy atom. The number of urea groups is 1. The second kappa shape index (κ2) is 5.98. The Morgan fingerprint density at radius 1 is 1.44 bits per heavy atom. The fraction of sp³-hybridized carbons (Fsp3) is 0.611. The molecule has 0 saturated carbocycles. The van der Waals surface area contributed by atoms with Crippen LogP contribution < -0.4 is 4.90 Å². The van der Waals surface area contributed by atoms with Crippen molar-refractivity contribution in [3.8, 4) is 0 Å². The SMILES string of the molecule is CCCN1C(=O)N2CCCN=C2c2[nH]c(C3=CCC(C)(O)CC3)nc21. The average molecular weight is 343 g/mol. The second-order valence-electron chi connectivity index (χ2n) is 7.36. The van der Waals surface area contributed by atoms with Gasteiger partial charge in [-0.2, -0.15) is 0 Å². The van der Waals surface area contributed by atoms with Gasteiger partial charge in [-0.1, -0.05) is 13.0 Å². The van der Waals surface area contributed by atoms with Crippen molar-refractivity contribution in [2.24, 2.45) is 4.99 Å². The lowest BCUT2D eigenvalue weighted by atomic mass is 9.87. The maximum Gasteiger partial charge on any atom is 0.331 e. The van der Waals surface area contributed by atoms with Crippen LogP contribution in [0.4, 0.5) is 10.6 Å². The number of hydrogen-bond donors (Lipinski definition) is 2. The number of amidine groups is 1. The van der Waals surface area contributed by atoms with Crippen LogP contribution in [0.1, 0.15) is 57.5 Å². The average Bonchev–Trinajstić information content (AvgIpc) is 3.04. The highest BCUT2D eigenvalue weighted by molar-refractivity contribution is 6.18. The summed E-state index contributed by atoms with van der Waals surface area (Å²) in [6, 6.07) is -0.0218. The molecule has 0 bridgehead atoms. The number of H-pyrrole nitrogens is 1. The number of allylic oxidation sites excluding steroid dienone is 1. The molecule has 1 aromatic heterocycles. The molecule has 7 heteroatoms. The molecule has 1 aromatic rings. The largest absolute Gasteiger partial charge is 0.390 e. The topological polar surface area (TPSA) is 84.8 Å². The van der Waals surface area contributed by atoms with E-state index in [4.69, 9.17) is 4.98 Å². The second-order valence-corrected chi connectivity index (χ2v) is 7.36. The van der Waals surface area contributed by atoms with Crippen molar-refractivity contribution < 1.29 is 9.90 Å². The lowest BCUT2D eigenvalue weighted by Crippen LogP contribution is -2.53. The number of aromatic nitrogens is 2. The van der Waals surface area contributed by atoms with Crippen LogP contribution in [0.25, 0.3) is 5.57 Å². The van der Waals surface area contributed by atoms with Crippen molar-refractivity contribution in [2.45, 2.75) is 51.6 Å². The maximum absolute atomic E-state index is 12.9. The molecule has 3 heterocycles. The number of carbonyl (C=O) groups is 1. The van der Waals surface area contributed by atoms with Gasteiger partial charge in [0.2, 0.25) is 0 Å². The number of carbonyl (C=O) groups excluding carboxylic acids is 1. The van der Waals surface area contributed by atoms with Crippen LogP contribution >= 0.6 is 0 Å². The van der Waals surface area contributed by atoms with E-state index < -0.39 is 5.60 Å². The first-order valence-electron chi connectivity index (χ1n) is 9.16. The molecule has 3 aliphatic rings. The normalized spacial score (nSPS) is 26.1. The summed E-state index contributed by atoms with van der Waals surface area (Å²) in [4.78, 5) is 29.1. The van der Waals surface area contributed by atoms with Crippen LogP contribution in [0.15, 0.2) is 11.1 Å². The highest BCUT2D eigenvalue weighted by atomic mass is 16.3. The van der Waals surface area contributed by atoms with Gasteiger partial charge in [0.15, 0.2) is 11.7 Å². The Morgan fingerprint density at radius 3 is 3.00 bits per heavy atom. The molecule has 7 nitrogen and oxygen atoms in total. The molecular formula is C18H25N5O2. The number of anilines is 1. The van der Waals surface area contributed by atoms with Gasteiger partial charge >= 0.3 is 6.03 Å². The Balaban J connectivity index is 1.76. The van der Waals surface area contributed by atoms with Crippen LogP contribution in [0.2, 0.25) is 0 Å². The van der Waals surface area contributed by atoms with Crippen LogP contribution in [-0.2, 0) is 0 Å². The fourth-order valence-electron chi connectivity index (χ4n) is 3.70. The molecule has 4 rings (SSSR count). The van der Waals surface area contributed by atoms with Crippen molar-refractivity contribution in [1.82, 2.24) is 14.9 Å². The van der Waals surface area contributed by atoms with E-state index in [9.17, 15) is 9.90 Å². The Hall–Kier alpha value is -2.15. The molecular weight excluding hydrogens is 318 g/mol. The van der Waals surface area contributed by atoms with Gasteiger partial charge in [-0.3, -0.25) is 14.8 Å². The monoisotopic (exact) mass is 343 g/mol. The molecule has 2 amide bonds. The highest BCUT2D eigenvalue weighted by Gasteiger charge is 2.39. The minimum atomic E-state index is -0.635. The highest BCUT2D eigenvalue weighted by Crippen LogP contribution is 2.35. The predicted octanol–water partition coefficient (Wildman–Crippen LogP) is 2.53. The molecule has 1 atom stereocenters. The third-order valence-electron chi connectivity index (χ3n) is 5.16. The number of aromatic amines is 1. The van der Waals surface area contributed by atoms with Crippen LogP contribution in [0, 0.1) is 0 Å². The van der Waals surface area contributed by atoms with E-state index in [-0.39, 0.29) is 6.03 Å². The molecule has 1 unspecified atom stereocenters. The third kappa shape index (κ3) is 2.76. The molecule has 2 N–H and O–H groups in total. The van der Waals surface area contributed by atoms with E-state index in [1.54, 1.807) is 9.80 Å². The first kappa shape index (κ1) is 16.3. The molecule has 0 aromatic carbocycles. The van der Waals surface area contributed by atoms with Gasteiger partial charge in [0, 0.05) is 19.6 Å². The van der Waals surface area contributed by atoms with E-state index >= 15 is 0 Å². The van der Waals surface area contributed by atoms with Crippen LogP contribution in [0.3, 0.4) is 0 Å². The predicted molar refractivity (Wildman–Crippen MR) is 96.8 cm³/mol. The summed E-state index contributed by atoms with van der Waals surface area (Å²) in [6.07, 6.45) is 5.94. The summed E-state index contributed by atoms with van der Waals surface area (Å²) in [5.74, 6) is 2.21. The molecule has 0 saturated heterocycles. The summed E-state index contributed by atoms with van der Waals surface area (Å²) < 4.78 is 0. The number of amides is 2. The number of fused-ring (bicyclic) bond motifs is 3. The minimum absolute atomic E-state index is 0.0218. The Labute approximate surface area is 147 Å². The van der Waals surface area contributed by atoms with E-state index in [0.717, 1.165) is 55.2 Å². The molecule has 0 fully saturated rings. The maximum atomic E-state index is 12.9. The van der Waals surface area contributed by atoms with Crippen molar-refractivity contribution in [3.05, 3.63) is 17.6 Å². The lowest BCUT2D eigenvalue weighted by Gasteiger charge is -2.36. The summed E-state index contributed by atoms with van der Waals surface area (Å²) >= 11 is 0. The number of aliphatic imine (C=N–C) groups is 1. The smallest absolute Gasteiger partial charge is 0.331 e. The standard InChI is InChI=1S/C18H25N5O2/c1-3-10-22-16-13(15-19-9-4-11-23(15)17(22)24)20-14(21-16)12-5-7-18(2,25)8-6-12/h5,25H,3-4,6-11H2,1-2H3,(H,20,21). The zero-order chi connectivity index (χ0) is 17.6. The molecule has 0 spiro atoms. The van der Waals surface area contributed by atoms with Gasteiger partial charge in [-0.15, -0.1) is 0 Å². The van der Waals surface area contributed by atoms with Gasteiger partial charge in [0.25, 0.3) is 0 Å². The quantitative estimate of drug-likeness (QED) is 0.884. The number of imidazole rings is 1. The molecule has 2 aliphatic heterocycles. The first-order valence-corrected chi connectivity index (χ1v) is 9.16. The molecule has 0 radical (unpaired) electrons. The van der Waals surface area contributed by atoms with Gasteiger partial charge in [0.05, 0.1) is 5.60 Å². The van der Waals surface area contributed by atoms with Crippen molar-refractivity contribution in [3.63, 3.8) is 0 Å². The number of nitrogens with one attached hydrogen (secondary N) is 1. The van der Waals surface area contributed by atoms with Gasteiger partial charge in [-0.25, -0.2) is 9.78 Å². The zero-order valence-electron chi connectivity index (χ0n) is 14.9. The minimum Gasteiger partial charge on any atom is -0.390 e.